The minimum absolute atomic E-state index is 0.121. The molecule has 5 nitrogen and oxygen atoms in total. The second-order valence-corrected chi connectivity index (χ2v) is 7.70. The van der Waals surface area contributed by atoms with Crippen LogP contribution in [0.15, 0.2) is 66.7 Å². The van der Waals surface area contributed by atoms with Crippen molar-refractivity contribution >= 4 is 17.5 Å². The lowest BCUT2D eigenvalue weighted by Gasteiger charge is -2.25. The SMILES string of the molecule is Cc1cccc(C(=O)Nc2ccc3c(c2)C[C@H](C(=O)NCc2ccc(F)cc2)CO3)c1. The molecule has 1 aliphatic rings. The molecule has 1 heterocycles. The van der Waals surface area contributed by atoms with Crippen LogP contribution in [0.5, 0.6) is 5.75 Å². The summed E-state index contributed by atoms with van der Waals surface area (Å²) in [6, 6.07) is 18.9. The van der Waals surface area contributed by atoms with E-state index in [0.29, 0.717) is 24.2 Å². The number of nitrogens with one attached hydrogen (secondary N) is 2. The lowest BCUT2D eigenvalue weighted by atomic mass is 9.95. The van der Waals surface area contributed by atoms with Crippen molar-refractivity contribution in [3.05, 3.63) is 94.8 Å². The van der Waals surface area contributed by atoms with Gasteiger partial charge in [-0.15, -0.1) is 0 Å². The zero-order chi connectivity index (χ0) is 21.8. The molecule has 1 aliphatic heterocycles. The maximum absolute atomic E-state index is 13.0. The van der Waals surface area contributed by atoms with Gasteiger partial charge < -0.3 is 15.4 Å². The van der Waals surface area contributed by atoms with E-state index in [0.717, 1.165) is 22.4 Å². The number of ether oxygens (including phenoxy) is 1. The molecule has 2 amide bonds. The fraction of sp³-hybridized carbons (Fsp3) is 0.200. The van der Waals surface area contributed by atoms with E-state index in [1.165, 1.54) is 12.1 Å². The third-order valence-corrected chi connectivity index (χ3v) is 5.26. The highest BCUT2D eigenvalue weighted by atomic mass is 19.1. The zero-order valence-electron chi connectivity index (χ0n) is 17.2. The van der Waals surface area contributed by atoms with Crippen LogP contribution in [0.2, 0.25) is 0 Å². The summed E-state index contributed by atoms with van der Waals surface area (Å²) in [7, 11) is 0. The fourth-order valence-electron chi connectivity index (χ4n) is 3.57. The summed E-state index contributed by atoms with van der Waals surface area (Å²) >= 11 is 0. The van der Waals surface area contributed by atoms with Crippen LogP contribution in [-0.2, 0) is 17.8 Å². The number of carbonyl (C=O) groups excluding carboxylic acids is 2. The highest BCUT2D eigenvalue weighted by Gasteiger charge is 2.26. The summed E-state index contributed by atoms with van der Waals surface area (Å²) in [6.07, 6.45) is 0.513. The Kier molecular flexibility index (Phi) is 5.98. The molecule has 0 bridgehead atoms. The van der Waals surface area contributed by atoms with E-state index in [-0.39, 0.29) is 30.2 Å². The summed E-state index contributed by atoms with van der Waals surface area (Å²) in [5, 5.41) is 5.79. The first-order valence-electron chi connectivity index (χ1n) is 10.1. The average molecular weight is 418 g/mol. The van der Waals surface area contributed by atoms with Crippen molar-refractivity contribution in [3.63, 3.8) is 0 Å². The molecule has 0 unspecified atom stereocenters. The van der Waals surface area contributed by atoms with Crippen LogP contribution in [-0.4, -0.2) is 18.4 Å². The predicted molar refractivity (Wildman–Crippen MR) is 117 cm³/mol. The molecule has 158 valence electrons. The van der Waals surface area contributed by atoms with Gasteiger partial charge in [0.1, 0.15) is 18.2 Å². The first-order chi connectivity index (χ1) is 15.0. The minimum Gasteiger partial charge on any atom is -0.492 e. The van der Waals surface area contributed by atoms with E-state index in [2.05, 4.69) is 10.6 Å². The van der Waals surface area contributed by atoms with Crippen LogP contribution in [0.4, 0.5) is 10.1 Å². The summed E-state index contributed by atoms with van der Waals surface area (Å²) < 4.78 is 18.8. The fourth-order valence-corrected chi connectivity index (χ4v) is 3.57. The molecule has 0 aromatic heterocycles. The molecule has 0 radical (unpaired) electrons. The standard InChI is InChI=1S/C25H23FN2O3/c1-16-3-2-4-18(11-16)25(30)28-22-9-10-23-19(13-22)12-20(15-31-23)24(29)27-14-17-5-7-21(26)8-6-17/h2-11,13,20H,12,14-15H2,1H3,(H,27,29)(H,28,30)/t20-/m0/s1. The molecule has 0 fully saturated rings. The van der Waals surface area contributed by atoms with Crippen LogP contribution >= 0.6 is 0 Å². The quantitative estimate of drug-likeness (QED) is 0.651. The number of fused-ring (bicyclic) bond motifs is 1. The molecule has 31 heavy (non-hydrogen) atoms. The monoisotopic (exact) mass is 418 g/mol. The Morgan fingerprint density at radius 2 is 1.87 bits per heavy atom. The number of hydrogen-bond donors (Lipinski definition) is 2. The smallest absolute Gasteiger partial charge is 0.255 e. The van der Waals surface area contributed by atoms with E-state index in [4.69, 9.17) is 4.74 Å². The Morgan fingerprint density at radius 1 is 1.06 bits per heavy atom. The van der Waals surface area contributed by atoms with Gasteiger partial charge in [0.2, 0.25) is 5.91 Å². The first kappa shape index (κ1) is 20.6. The van der Waals surface area contributed by atoms with Gasteiger partial charge in [-0.25, -0.2) is 4.39 Å². The number of halogens is 1. The van der Waals surface area contributed by atoms with Crippen molar-refractivity contribution in [1.82, 2.24) is 5.32 Å². The summed E-state index contributed by atoms with van der Waals surface area (Å²) in [5.74, 6) is -0.234. The van der Waals surface area contributed by atoms with Gasteiger partial charge in [-0.05, 0) is 66.9 Å². The van der Waals surface area contributed by atoms with Gasteiger partial charge in [-0.2, -0.15) is 0 Å². The third-order valence-electron chi connectivity index (χ3n) is 5.26. The van der Waals surface area contributed by atoms with Crippen molar-refractivity contribution in [3.8, 4) is 5.75 Å². The Hall–Kier alpha value is -3.67. The molecule has 0 saturated carbocycles. The maximum atomic E-state index is 13.0. The number of hydrogen-bond acceptors (Lipinski definition) is 3. The van der Waals surface area contributed by atoms with Gasteiger partial charge in [0.15, 0.2) is 0 Å². The van der Waals surface area contributed by atoms with Crippen LogP contribution in [0.3, 0.4) is 0 Å². The topological polar surface area (TPSA) is 67.4 Å². The van der Waals surface area contributed by atoms with E-state index in [1.54, 1.807) is 24.3 Å². The summed E-state index contributed by atoms with van der Waals surface area (Å²) in [5.41, 5.74) is 3.96. The normalized spacial score (nSPS) is 14.8. The highest BCUT2D eigenvalue weighted by molar-refractivity contribution is 6.04. The van der Waals surface area contributed by atoms with E-state index >= 15 is 0 Å². The van der Waals surface area contributed by atoms with Crippen LogP contribution in [0.1, 0.15) is 27.0 Å². The molecule has 1 atom stereocenters. The number of aryl methyl sites for hydroxylation is 1. The molecule has 0 saturated heterocycles. The molecule has 4 rings (SSSR count). The molecule has 3 aromatic carbocycles. The molecular formula is C25H23FN2O3. The largest absolute Gasteiger partial charge is 0.492 e. The molecule has 2 N–H and O–H groups in total. The molecule has 0 spiro atoms. The van der Waals surface area contributed by atoms with Crippen molar-refractivity contribution in [2.75, 3.05) is 11.9 Å². The predicted octanol–water partition coefficient (Wildman–Crippen LogP) is 4.25. The van der Waals surface area contributed by atoms with Gasteiger partial charge in [-0.3, -0.25) is 9.59 Å². The van der Waals surface area contributed by atoms with Gasteiger partial charge in [-0.1, -0.05) is 29.8 Å². The molecular weight excluding hydrogens is 395 g/mol. The second kappa shape index (κ2) is 9.00. The van der Waals surface area contributed by atoms with Crippen LogP contribution < -0.4 is 15.4 Å². The lowest BCUT2D eigenvalue weighted by Crippen LogP contribution is -2.37. The van der Waals surface area contributed by atoms with Gasteiger partial charge >= 0.3 is 0 Å². The Bertz CT molecular complexity index is 1110. The van der Waals surface area contributed by atoms with Crippen LogP contribution in [0, 0.1) is 18.7 Å². The average Bonchev–Trinajstić information content (AvgIpc) is 2.78. The first-order valence-corrected chi connectivity index (χ1v) is 10.1. The van der Waals surface area contributed by atoms with Crippen molar-refractivity contribution in [1.29, 1.82) is 0 Å². The lowest BCUT2D eigenvalue weighted by molar-refractivity contribution is -0.126. The van der Waals surface area contributed by atoms with E-state index < -0.39 is 0 Å². The minimum atomic E-state index is -0.337. The van der Waals surface area contributed by atoms with Crippen molar-refractivity contribution in [2.45, 2.75) is 19.9 Å². The van der Waals surface area contributed by atoms with Crippen molar-refractivity contribution in [2.24, 2.45) is 5.92 Å². The van der Waals surface area contributed by atoms with Crippen LogP contribution in [0.25, 0.3) is 0 Å². The molecule has 6 heteroatoms. The number of anilines is 1. The summed E-state index contributed by atoms with van der Waals surface area (Å²) in [6.45, 7) is 2.56. The Balaban J connectivity index is 1.39. The highest BCUT2D eigenvalue weighted by Crippen LogP contribution is 2.30. The van der Waals surface area contributed by atoms with Crippen molar-refractivity contribution < 1.29 is 18.7 Å². The van der Waals surface area contributed by atoms with E-state index in [9.17, 15) is 14.0 Å². The van der Waals surface area contributed by atoms with Gasteiger partial charge in [0.05, 0.1) is 5.92 Å². The molecule has 0 aliphatic carbocycles. The number of benzene rings is 3. The second-order valence-electron chi connectivity index (χ2n) is 7.70. The Labute approximate surface area is 180 Å². The van der Waals surface area contributed by atoms with Gasteiger partial charge in [0.25, 0.3) is 5.91 Å². The van der Waals surface area contributed by atoms with E-state index in [1.807, 2.05) is 37.3 Å². The number of rotatable bonds is 5. The van der Waals surface area contributed by atoms with Gasteiger partial charge in [0, 0.05) is 17.8 Å². The Morgan fingerprint density at radius 3 is 2.65 bits per heavy atom. The third kappa shape index (κ3) is 5.09. The zero-order valence-corrected chi connectivity index (χ0v) is 17.2. The summed E-state index contributed by atoms with van der Waals surface area (Å²) in [4.78, 5) is 25.1. The number of amides is 2. The number of carbonyl (C=O) groups is 2. The molecule has 3 aromatic rings. The maximum Gasteiger partial charge on any atom is 0.255 e.